The molecule has 6 nitrogen and oxygen atoms in total. The SMILES string of the molecule is C[C@@H](CN)NC(=O)COc1ccc(N2CCCC2=O)cc1. The van der Waals surface area contributed by atoms with Crippen molar-refractivity contribution in [3.05, 3.63) is 24.3 Å². The molecule has 0 radical (unpaired) electrons. The molecule has 3 N–H and O–H groups in total. The van der Waals surface area contributed by atoms with Crippen LogP contribution in [0.1, 0.15) is 19.8 Å². The molecule has 1 fully saturated rings. The molecule has 6 heteroatoms. The first-order chi connectivity index (χ1) is 10.1. The molecule has 0 bridgehead atoms. The lowest BCUT2D eigenvalue weighted by molar-refractivity contribution is -0.123. The van der Waals surface area contributed by atoms with Crippen LogP contribution in [0.25, 0.3) is 0 Å². The van der Waals surface area contributed by atoms with Crippen molar-refractivity contribution in [2.24, 2.45) is 5.73 Å². The highest BCUT2D eigenvalue weighted by Crippen LogP contribution is 2.23. The lowest BCUT2D eigenvalue weighted by Gasteiger charge is -2.16. The zero-order chi connectivity index (χ0) is 15.2. The van der Waals surface area contributed by atoms with Gasteiger partial charge in [-0.05, 0) is 37.6 Å². The zero-order valence-electron chi connectivity index (χ0n) is 12.2. The van der Waals surface area contributed by atoms with Crippen molar-refractivity contribution in [2.75, 3.05) is 24.6 Å². The van der Waals surface area contributed by atoms with Crippen LogP contribution in [0.5, 0.6) is 5.75 Å². The number of rotatable bonds is 6. The summed E-state index contributed by atoms with van der Waals surface area (Å²) in [6.45, 7) is 2.94. The largest absolute Gasteiger partial charge is 0.484 e. The summed E-state index contributed by atoms with van der Waals surface area (Å²) in [5.41, 5.74) is 6.29. The number of amides is 2. The van der Waals surface area contributed by atoms with Crippen molar-refractivity contribution in [2.45, 2.75) is 25.8 Å². The number of hydrogen-bond donors (Lipinski definition) is 2. The molecule has 1 aromatic rings. The predicted molar refractivity (Wildman–Crippen MR) is 80.2 cm³/mol. The van der Waals surface area contributed by atoms with Crippen LogP contribution in [-0.4, -0.2) is 37.6 Å². The molecule has 21 heavy (non-hydrogen) atoms. The minimum Gasteiger partial charge on any atom is -0.484 e. The quantitative estimate of drug-likeness (QED) is 0.806. The number of ether oxygens (including phenoxy) is 1. The van der Waals surface area contributed by atoms with Gasteiger partial charge in [0.2, 0.25) is 5.91 Å². The zero-order valence-corrected chi connectivity index (χ0v) is 12.2. The Morgan fingerprint density at radius 2 is 2.14 bits per heavy atom. The van der Waals surface area contributed by atoms with Gasteiger partial charge in [0.15, 0.2) is 6.61 Å². The van der Waals surface area contributed by atoms with Crippen LogP contribution >= 0.6 is 0 Å². The average molecular weight is 291 g/mol. The van der Waals surface area contributed by atoms with Gasteiger partial charge in [-0.15, -0.1) is 0 Å². The van der Waals surface area contributed by atoms with E-state index < -0.39 is 0 Å². The summed E-state index contributed by atoms with van der Waals surface area (Å²) >= 11 is 0. The van der Waals surface area contributed by atoms with Crippen LogP contribution in [-0.2, 0) is 9.59 Å². The Morgan fingerprint density at radius 3 is 2.71 bits per heavy atom. The van der Waals surface area contributed by atoms with Crippen molar-refractivity contribution in [3.63, 3.8) is 0 Å². The third-order valence-electron chi connectivity index (χ3n) is 3.35. The van der Waals surface area contributed by atoms with E-state index in [0.29, 0.717) is 18.7 Å². The van der Waals surface area contributed by atoms with E-state index in [1.54, 1.807) is 17.0 Å². The molecule has 0 aromatic heterocycles. The standard InChI is InChI=1S/C15H21N3O3/c1-11(9-16)17-14(19)10-21-13-6-4-12(5-7-13)18-8-2-3-15(18)20/h4-7,11H,2-3,8-10,16H2,1H3,(H,17,19)/t11-/m0/s1. The second kappa shape index (κ2) is 7.08. The molecule has 1 aromatic carbocycles. The summed E-state index contributed by atoms with van der Waals surface area (Å²) in [6.07, 6.45) is 1.51. The van der Waals surface area contributed by atoms with Gasteiger partial charge in [0.1, 0.15) is 5.75 Å². The molecule has 2 rings (SSSR count). The van der Waals surface area contributed by atoms with Gasteiger partial charge in [0, 0.05) is 31.2 Å². The predicted octanol–water partition coefficient (Wildman–Crippen LogP) is 0.656. The lowest BCUT2D eigenvalue weighted by atomic mass is 10.3. The second-order valence-corrected chi connectivity index (χ2v) is 5.14. The van der Waals surface area contributed by atoms with Crippen LogP contribution in [0, 0.1) is 0 Å². The molecule has 114 valence electrons. The van der Waals surface area contributed by atoms with Crippen molar-refractivity contribution in [3.8, 4) is 5.75 Å². The molecule has 0 saturated carbocycles. The first-order valence-corrected chi connectivity index (χ1v) is 7.13. The maximum Gasteiger partial charge on any atom is 0.258 e. The van der Waals surface area contributed by atoms with Gasteiger partial charge in [0.05, 0.1) is 0 Å². The third-order valence-corrected chi connectivity index (χ3v) is 3.35. The number of nitrogens with one attached hydrogen (secondary N) is 1. The van der Waals surface area contributed by atoms with Gasteiger partial charge < -0.3 is 20.7 Å². The Bertz CT molecular complexity index is 501. The molecular weight excluding hydrogens is 270 g/mol. The summed E-state index contributed by atoms with van der Waals surface area (Å²) in [4.78, 5) is 25.0. The van der Waals surface area contributed by atoms with Crippen molar-refractivity contribution < 1.29 is 14.3 Å². The molecule has 0 spiro atoms. The number of carbonyl (C=O) groups is 2. The number of carbonyl (C=O) groups excluding carboxylic acids is 2. The van der Waals surface area contributed by atoms with Gasteiger partial charge in [-0.1, -0.05) is 0 Å². The summed E-state index contributed by atoms with van der Waals surface area (Å²) < 4.78 is 5.40. The number of nitrogens with two attached hydrogens (primary N) is 1. The Kier molecular flexibility index (Phi) is 5.16. The van der Waals surface area contributed by atoms with Crippen molar-refractivity contribution in [1.82, 2.24) is 5.32 Å². The monoisotopic (exact) mass is 291 g/mol. The topological polar surface area (TPSA) is 84.7 Å². The smallest absolute Gasteiger partial charge is 0.258 e. The van der Waals surface area contributed by atoms with Gasteiger partial charge in [0.25, 0.3) is 5.91 Å². The Balaban J connectivity index is 1.85. The molecule has 0 aliphatic carbocycles. The summed E-state index contributed by atoms with van der Waals surface area (Å²) in [7, 11) is 0. The first kappa shape index (κ1) is 15.3. The van der Waals surface area contributed by atoms with Gasteiger partial charge in [-0.25, -0.2) is 0 Å². The van der Waals surface area contributed by atoms with Gasteiger partial charge in [-0.3, -0.25) is 9.59 Å². The van der Waals surface area contributed by atoms with Crippen LogP contribution in [0.15, 0.2) is 24.3 Å². The summed E-state index contributed by atoms with van der Waals surface area (Å²) in [5.74, 6) is 0.548. The maximum absolute atomic E-state index is 11.6. The molecule has 2 amide bonds. The number of hydrogen-bond acceptors (Lipinski definition) is 4. The Morgan fingerprint density at radius 1 is 1.43 bits per heavy atom. The van der Waals surface area contributed by atoms with E-state index in [4.69, 9.17) is 10.5 Å². The van der Waals surface area contributed by atoms with E-state index in [0.717, 1.165) is 18.7 Å². The Hall–Kier alpha value is -2.08. The number of anilines is 1. The van der Waals surface area contributed by atoms with Gasteiger partial charge in [-0.2, -0.15) is 0 Å². The molecule has 1 aliphatic rings. The molecule has 1 saturated heterocycles. The van der Waals surface area contributed by atoms with E-state index in [1.807, 2.05) is 19.1 Å². The first-order valence-electron chi connectivity index (χ1n) is 7.13. The molecule has 0 unspecified atom stereocenters. The van der Waals surface area contributed by atoms with Gasteiger partial charge >= 0.3 is 0 Å². The van der Waals surface area contributed by atoms with Crippen molar-refractivity contribution >= 4 is 17.5 Å². The minimum atomic E-state index is -0.202. The van der Waals surface area contributed by atoms with Crippen LogP contribution < -0.4 is 20.7 Å². The van der Waals surface area contributed by atoms with E-state index in [2.05, 4.69) is 5.32 Å². The highest BCUT2D eigenvalue weighted by Gasteiger charge is 2.21. The maximum atomic E-state index is 11.6. The van der Waals surface area contributed by atoms with Crippen LogP contribution in [0.4, 0.5) is 5.69 Å². The van der Waals surface area contributed by atoms with Crippen molar-refractivity contribution in [1.29, 1.82) is 0 Å². The molecule has 1 atom stereocenters. The van der Waals surface area contributed by atoms with E-state index in [1.165, 1.54) is 0 Å². The minimum absolute atomic E-state index is 0.0493. The molecular formula is C15H21N3O3. The third kappa shape index (κ3) is 4.19. The lowest BCUT2D eigenvalue weighted by Crippen LogP contribution is -2.40. The highest BCUT2D eigenvalue weighted by molar-refractivity contribution is 5.95. The van der Waals surface area contributed by atoms with E-state index >= 15 is 0 Å². The number of benzene rings is 1. The van der Waals surface area contributed by atoms with E-state index in [-0.39, 0.29) is 24.5 Å². The fourth-order valence-electron chi connectivity index (χ4n) is 2.17. The van der Waals surface area contributed by atoms with E-state index in [9.17, 15) is 9.59 Å². The summed E-state index contributed by atoms with van der Waals surface area (Å²) in [6, 6.07) is 7.13. The second-order valence-electron chi connectivity index (χ2n) is 5.14. The Labute approximate surface area is 124 Å². The van der Waals surface area contributed by atoms with Crippen LogP contribution in [0.2, 0.25) is 0 Å². The fourth-order valence-corrected chi connectivity index (χ4v) is 2.17. The van der Waals surface area contributed by atoms with Crippen LogP contribution in [0.3, 0.4) is 0 Å². The fraction of sp³-hybridized carbons (Fsp3) is 0.467. The average Bonchev–Trinajstić information content (AvgIpc) is 2.91. The summed E-state index contributed by atoms with van der Waals surface area (Å²) in [5, 5.41) is 2.72. The molecule has 1 aliphatic heterocycles. The number of nitrogens with zero attached hydrogens (tertiary/aromatic N) is 1. The highest BCUT2D eigenvalue weighted by atomic mass is 16.5. The normalized spacial score (nSPS) is 15.9. The molecule has 1 heterocycles.